The zero-order valence-electron chi connectivity index (χ0n) is 14.2. The third-order valence-electron chi connectivity index (χ3n) is 5.48. The smallest absolute Gasteiger partial charge is 0.0108 e. The second-order valence-corrected chi connectivity index (χ2v) is 7.47. The summed E-state index contributed by atoms with van der Waals surface area (Å²) < 4.78 is 0. The molecule has 3 unspecified atom stereocenters. The summed E-state index contributed by atoms with van der Waals surface area (Å²) in [6, 6.07) is 1.70. The van der Waals surface area contributed by atoms with Crippen LogP contribution in [0.5, 0.6) is 0 Å². The molecule has 0 bridgehead atoms. The third kappa shape index (κ3) is 4.46. The summed E-state index contributed by atoms with van der Waals surface area (Å²) in [5.74, 6) is 2.70. The lowest BCUT2D eigenvalue weighted by atomic mass is 9.73. The SMILES string of the molecule is CCCN(CC1CC(C(C)C)CCC1NCC)C1CC1. The van der Waals surface area contributed by atoms with Gasteiger partial charge in [-0.05, 0) is 69.4 Å². The number of hydrogen-bond donors (Lipinski definition) is 1. The van der Waals surface area contributed by atoms with Gasteiger partial charge in [-0.25, -0.2) is 0 Å². The molecule has 2 heteroatoms. The predicted octanol–water partition coefficient (Wildman–Crippen LogP) is 3.91. The van der Waals surface area contributed by atoms with Crippen LogP contribution in [0.15, 0.2) is 0 Å². The fourth-order valence-electron chi connectivity index (χ4n) is 4.09. The summed E-state index contributed by atoms with van der Waals surface area (Å²) in [6.07, 6.45) is 8.48. The van der Waals surface area contributed by atoms with Gasteiger partial charge >= 0.3 is 0 Å². The zero-order chi connectivity index (χ0) is 14.5. The van der Waals surface area contributed by atoms with E-state index in [9.17, 15) is 0 Å². The first-order valence-electron chi connectivity index (χ1n) is 9.13. The molecule has 2 rings (SSSR count). The molecule has 2 aliphatic carbocycles. The summed E-state index contributed by atoms with van der Waals surface area (Å²) >= 11 is 0. The van der Waals surface area contributed by atoms with Crippen LogP contribution in [0, 0.1) is 17.8 Å². The Hall–Kier alpha value is -0.0800. The summed E-state index contributed by atoms with van der Waals surface area (Å²) in [5, 5.41) is 3.77. The summed E-state index contributed by atoms with van der Waals surface area (Å²) in [7, 11) is 0. The summed E-state index contributed by atoms with van der Waals surface area (Å²) in [6.45, 7) is 13.2. The molecule has 2 nitrogen and oxygen atoms in total. The Morgan fingerprint density at radius 3 is 2.40 bits per heavy atom. The lowest BCUT2D eigenvalue weighted by Gasteiger charge is -2.40. The molecule has 2 aliphatic rings. The standard InChI is InChI=1S/C18H36N2/c1-5-11-20(17-8-9-17)13-16-12-15(14(3)4)7-10-18(16)19-6-2/h14-19H,5-13H2,1-4H3. The summed E-state index contributed by atoms with van der Waals surface area (Å²) in [4.78, 5) is 2.80. The second-order valence-electron chi connectivity index (χ2n) is 7.47. The van der Waals surface area contributed by atoms with Gasteiger partial charge in [0.2, 0.25) is 0 Å². The van der Waals surface area contributed by atoms with Gasteiger partial charge in [0.05, 0.1) is 0 Å². The van der Waals surface area contributed by atoms with Crippen molar-refractivity contribution in [3.63, 3.8) is 0 Å². The van der Waals surface area contributed by atoms with Crippen molar-refractivity contribution in [3.8, 4) is 0 Å². The Morgan fingerprint density at radius 2 is 1.85 bits per heavy atom. The average Bonchev–Trinajstić information content (AvgIpc) is 3.24. The molecule has 0 aromatic heterocycles. The molecular weight excluding hydrogens is 244 g/mol. The van der Waals surface area contributed by atoms with E-state index in [2.05, 4.69) is 37.9 Å². The molecule has 0 heterocycles. The van der Waals surface area contributed by atoms with E-state index in [1.54, 1.807) is 0 Å². The Kier molecular flexibility index (Phi) is 6.35. The maximum absolute atomic E-state index is 3.77. The van der Waals surface area contributed by atoms with Crippen LogP contribution in [0.4, 0.5) is 0 Å². The van der Waals surface area contributed by atoms with Crippen LogP contribution in [0.1, 0.15) is 66.2 Å². The molecule has 3 atom stereocenters. The van der Waals surface area contributed by atoms with Crippen molar-refractivity contribution in [2.24, 2.45) is 17.8 Å². The van der Waals surface area contributed by atoms with Crippen LogP contribution in [0.25, 0.3) is 0 Å². The molecule has 2 fully saturated rings. The van der Waals surface area contributed by atoms with Crippen molar-refractivity contribution >= 4 is 0 Å². The van der Waals surface area contributed by atoms with E-state index >= 15 is 0 Å². The van der Waals surface area contributed by atoms with Crippen LogP contribution in [0.3, 0.4) is 0 Å². The predicted molar refractivity (Wildman–Crippen MR) is 88.0 cm³/mol. The topological polar surface area (TPSA) is 15.3 Å². The van der Waals surface area contributed by atoms with Gasteiger partial charge < -0.3 is 10.2 Å². The van der Waals surface area contributed by atoms with Crippen molar-refractivity contribution in [3.05, 3.63) is 0 Å². The molecule has 0 spiro atoms. The van der Waals surface area contributed by atoms with E-state index in [0.29, 0.717) is 0 Å². The largest absolute Gasteiger partial charge is 0.314 e. The monoisotopic (exact) mass is 280 g/mol. The highest BCUT2D eigenvalue weighted by Gasteiger charge is 2.35. The minimum atomic E-state index is 0.771. The van der Waals surface area contributed by atoms with Crippen LogP contribution >= 0.6 is 0 Å². The molecule has 0 aliphatic heterocycles. The quantitative estimate of drug-likeness (QED) is 0.725. The van der Waals surface area contributed by atoms with E-state index in [4.69, 9.17) is 0 Å². The zero-order valence-corrected chi connectivity index (χ0v) is 14.2. The summed E-state index contributed by atoms with van der Waals surface area (Å²) in [5.41, 5.74) is 0. The number of hydrogen-bond acceptors (Lipinski definition) is 2. The van der Waals surface area contributed by atoms with E-state index < -0.39 is 0 Å². The molecule has 118 valence electrons. The van der Waals surface area contributed by atoms with Crippen LogP contribution in [0.2, 0.25) is 0 Å². The maximum Gasteiger partial charge on any atom is 0.0108 e. The van der Waals surface area contributed by atoms with Gasteiger partial charge in [-0.2, -0.15) is 0 Å². The Balaban J connectivity index is 1.94. The van der Waals surface area contributed by atoms with Gasteiger partial charge in [0.15, 0.2) is 0 Å². The third-order valence-corrected chi connectivity index (χ3v) is 5.48. The van der Waals surface area contributed by atoms with Crippen molar-refractivity contribution < 1.29 is 0 Å². The van der Waals surface area contributed by atoms with Crippen LogP contribution in [-0.2, 0) is 0 Å². The molecule has 0 amide bonds. The minimum Gasteiger partial charge on any atom is -0.314 e. The first kappa shape index (κ1) is 16.3. The fourth-order valence-corrected chi connectivity index (χ4v) is 4.09. The molecule has 0 radical (unpaired) electrons. The van der Waals surface area contributed by atoms with Crippen molar-refractivity contribution in [1.82, 2.24) is 10.2 Å². The van der Waals surface area contributed by atoms with Gasteiger partial charge in [0.1, 0.15) is 0 Å². The number of nitrogens with one attached hydrogen (secondary N) is 1. The number of nitrogens with zero attached hydrogens (tertiary/aromatic N) is 1. The molecule has 0 aromatic rings. The van der Waals surface area contributed by atoms with E-state index in [1.807, 2.05) is 0 Å². The Bertz CT molecular complexity index is 273. The molecular formula is C18H36N2. The first-order chi connectivity index (χ1) is 9.65. The van der Waals surface area contributed by atoms with Crippen LogP contribution < -0.4 is 5.32 Å². The van der Waals surface area contributed by atoms with E-state index in [0.717, 1.165) is 36.4 Å². The van der Waals surface area contributed by atoms with Gasteiger partial charge in [-0.3, -0.25) is 0 Å². The van der Waals surface area contributed by atoms with Gasteiger partial charge in [0.25, 0.3) is 0 Å². The van der Waals surface area contributed by atoms with Crippen molar-refractivity contribution in [1.29, 1.82) is 0 Å². The van der Waals surface area contributed by atoms with E-state index in [-0.39, 0.29) is 0 Å². The fraction of sp³-hybridized carbons (Fsp3) is 1.00. The first-order valence-corrected chi connectivity index (χ1v) is 9.13. The Morgan fingerprint density at radius 1 is 1.10 bits per heavy atom. The average molecular weight is 280 g/mol. The molecule has 2 saturated carbocycles. The lowest BCUT2D eigenvalue weighted by molar-refractivity contribution is 0.118. The number of rotatable bonds is 8. The molecule has 20 heavy (non-hydrogen) atoms. The van der Waals surface area contributed by atoms with Crippen LogP contribution in [-0.4, -0.2) is 36.6 Å². The maximum atomic E-state index is 3.77. The minimum absolute atomic E-state index is 0.771. The molecule has 0 saturated heterocycles. The molecule has 0 aromatic carbocycles. The highest BCUT2D eigenvalue weighted by atomic mass is 15.2. The van der Waals surface area contributed by atoms with Crippen molar-refractivity contribution in [2.45, 2.75) is 78.3 Å². The highest BCUT2D eigenvalue weighted by Crippen LogP contribution is 2.36. The second kappa shape index (κ2) is 7.79. The Labute approximate surface area is 126 Å². The van der Waals surface area contributed by atoms with Crippen molar-refractivity contribution in [2.75, 3.05) is 19.6 Å². The van der Waals surface area contributed by atoms with Gasteiger partial charge in [0, 0.05) is 18.6 Å². The lowest BCUT2D eigenvalue weighted by Crippen LogP contribution is -2.47. The van der Waals surface area contributed by atoms with E-state index in [1.165, 1.54) is 51.6 Å². The van der Waals surface area contributed by atoms with Gasteiger partial charge in [-0.15, -0.1) is 0 Å². The van der Waals surface area contributed by atoms with Gasteiger partial charge in [-0.1, -0.05) is 27.7 Å². The normalized spacial score (nSPS) is 31.2. The highest BCUT2D eigenvalue weighted by molar-refractivity contribution is 4.91. The molecule has 1 N–H and O–H groups in total.